The van der Waals surface area contributed by atoms with E-state index in [1.807, 2.05) is 55.5 Å². The molecule has 2 amide bonds. The number of carbonyl (C=O) groups is 2. The highest BCUT2D eigenvalue weighted by molar-refractivity contribution is 5.88. The number of amides is 2. The molecule has 1 aliphatic rings. The maximum absolute atomic E-state index is 13.3. The van der Waals surface area contributed by atoms with E-state index in [2.05, 4.69) is 12.2 Å². The van der Waals surface area contributed by atoms with Gasteiger partial charge in [0.15, 0.2) is 6.61 Å². The average molecular weight is 453 g/mol. The van der Waals surface area contributed by atoms with E-state index in [4.69, 9.17) is 9.47 Å². The number of carbonyl (C=O) groups excluding carboxylic acids is 2. The molecule has 0 aromatic heterocycles. The van der Waals surface area contributed by atoms with Crippen molar-refractivity contribution in [2.24, 2.45) is 0 Å². The lowest BCUT2D eigenvalue weighted by Gasteiger charge is -2.31. The van der Waals surface area contributed by atoms with Crippen LogP contribution >= 0.6 is 0 Å². The van der Waals surface area contributed by atoms with Gasteiger partial charge in [-0.05, 0) is 61.1 Å². The highest BCUT2D eigenvalue weighted by Gasteiger charge is 2.30. The quantitative estimate of drug-likeness (QED) is 0.545. The first-order valence-electron chi connectivity index (χ1n) is 12.0. The van der Waals surface area contributed by atoms with Crippen LogP contribution in [0.15, 0.2) is 48.5 Å². The minimum absolute atomic E-state index is 0.0847. The molecule has 6 heteroatoms. The Labute approximate surface area is 197 Å². The van der Waals surface area contributed by atoms with Crippen LogP contribution in [0.1, 0.15) is 57.1 Å². The Hall–Kier alpha value is -3.02. The van der Waals surface area contributed by atoms with Gasteiger partial charge in [-0.2, -0.15) is 0 Å². The smallest absolute Gasteiger partial charge is 0.261 e. The number of ether oxygens (including phenoxy) is 2. The summed E-state index contributed by atoms with van der Waals surface area (Å²) in [6.07, 6.45) is 5.77. The summed E-state index contributed by atoms with van der Waals surface area (Å²) in [6, 6.07) is 15.0. The van der Waals surface area contributed by atoms with Gasteiger partial charge in [-0.15, -0.1) is 0 Å². The summed E-state index contributed by atoms with van der Waals surface area (Å²) in [7, 11) is 1.62. The Morgan fingerprint density at radius 3 is 2.15 bits per heavy atom. The fourth-order valence-corrected chi connectivity index (χ4v) is 4.26. The molecule has 0 heterocycles. The summed E-state index contributed by atoms with van der Waals surface area (Å²) in [5.74, 6) is 1.10. The van der Waals surface area contributed by atoms with Gasteiger partial charge in [0.1, 0.15) is 17.5 Å². The first-order valence-corrected chi connectivity index (χ1v) is 12.0. The predicted molar refractivity (Wildman–Crippen MR) is 129 cm³/mol. The average Bonchev–Trinajstić information content (AvgIpc) is 3.36. The molecular formula is C27H36N2O4. The molecule has 178 valence electrons. The Balaban J connectivity index is 1.74. The number of nitrogens with one attached hydrogen (secondary N) is 1. The van der Waals surface area contributed by atoms with Crippen molar-refractivity contribution in [2.45, 2.75) is 71.0 Å². The van der Waals surface area contributed by atoms with Gasteiger partial charge in [-0.1, -0.05) is 51.0 Å². The molecule has 3 rings (SSSR count). The highest BCUT2D eigenvalue weighted by atomic mass is 16.5. The summed E-state index contributed by atoms with van der Waals surface area (Å²) >= 11 is 0. The van der Waals surface area contributed by atoms with Crippen molar-refractivity contribution in [3.63, 3.8) is 0 Å². The summed E-state index contributed by atoms with van der Waals surface area (Å²) < 4.78 is 11.0. The lowest BCUT2D eigenvalue weighted by atomic mass is 10.1. The third-order valence-electron chi connectivity index (χ3n) is 6.29. The van der Waals surface area contributed by atoms with Gasteiger partial charge in [0.2, 0.25) is 5.91 Å². The molecule has 1 unspecified atom stereocenters. The number of methoxy groups -OCH3 is 1. The fourth-order valence-electron chi connectivity index (χ4n) is 4.26. The SMILES string of the molecule is CCc1ccc(OCC(=O)N(Cc2ccc(OC)cc2)C(CC)C(=O)NC2CCCC2)cc1. The molecule has 1 atom stereocenters. The molecule has 1 N–H and O–H groups in total. The first-order chi connectivity index (χ1) is 16.0. The van der Waals surface area contributed by atoms with Gasteiger partial charge in [0.25, 0.3) is 5.91 Å². The second-order valence-electron chi connectivity index (χ2n) is 8.57. The Morgan fingerprint density at radius 2 is 1.58 bits per heavy atom. The Morgan fingerprint density at radius 1 is 0.970 bits per heavy atom. The number of nitrogens with zero attached hydrogens (tertiary/aromatic N) is 1. The minimum atomic E-state index is -0.550. The van der Waals surface area contributed by atoms with E-state index >= 15 is 0 Å². The number of aryl methyl sites for hydroxylation is 1. The van der Waals surface area contributed by atoms with Crippen LogP contribution in [0.5, 0.6) is 11.5 Å². The molecule has 0 bridgehead atoms. The normalized spacial score (nSPS) is 14.5. The van der Waals surface area contributed by atoms with E-state index < -0.39 is 6.04 Å². The second kappa shape index (κ2) is 12.3. The standard InChI is InChI=1S/C27H36N2O4/c1-4-20-10-16-24(17-11-20)33-19-26(30)29(18-21-12-14-23(32-3)15-13-21)25(5-2)27(31)28-22-8-6-7-9-22/h10-17,22,25H,4-9,18-19H2,1-3H3,(H,28,31). The van der Waals surface area contributed by atoms with Gasteiger partial charge in [-0.3, -0.25) is 9.59 Å². The molecule has 0 aliphatic heterocycles. The zero-order valence-corrected chi connectivity index (χ0v) is 20.0. The van der Waals surface area contributed by atoms with Crippen LogP contribution in [0.25, 0.3) is 0 Å². The van der Waals surface area contributed by atoms with Crippen molar-refractivity contribution in [1.29, 1.82) is 0 Å². The molecule has 0 radical (unpaired) electrons. The lowest BCUT2D eigenvalue weighted by Crippen LogP contribution is -2.52. The van der Waals surface area contributed by atoms with E-state index in [0.717, 1.165) is 43.4 Å². The number of hydrogen-bond donors (Lipinski definition) is 1. The van der Waals surface area contributed by atoms with Gasteiger partial charge in [0.05, 0.1) is 7.11 Å². The Bertz CT molecular complexity index is 889. The third-order valence-corrected chi connectivity index (χ3v) is 6.29. The first kappa shape index (κ1) is 24.6. The van der Waals surface area contributed by atoms with Gasteiger partial charge in [0, 0.05) is 12.6 Å². The van der Waals surface area contributed by atoms with Crippen molar-refractivity contribution in [1.82, 2.24) is 10.2 Å². The third kappa shape index (κ3) is 6.98. The predicted octanol–water partition coefficient (Wildman–Crippen LogP) is 4.50. The van der Waals surface area contributed by atoms with E-state index in [0.29, 0.717) is 18.7 Å². The van der Waals surface area contributed by atoms with E-state index in [-0.39, 0.29) is 24.5 Å². The van der Waals surface area contributed by atoms with Crippen LogP contribution in [-0.4, -0.2) is 42.5 Å². The van der Waals surface area contributed by atoms with Crippen molar-refractivity contribution in [2.75, 3.05) is 13.7 Å². The molecule has 2 aromatic carbocycles. The van der Waals surface area contributed by atoms with Gasteiger partial charge >= 0.3 is 0 Å². The van der Waals surface area contributed by atoms with Gasteiger partial charge < -0.3 is 19.7 Å². The molecule has 2 aromatic rings. The topological polar surface area (TPSA) is 67.9 Å². The van der Waals surface area contributed by atoms with Crippen LogP contribution in [0, 0.1) is 0 Å². The monoisotopic (exact) mass is 452 g/mol. The van der Waals surface area contributed by atoms with Gasteiger partial charge in [-0.25, -0.2) is 0 Å². The van der Waals surface area contributed by atoms with Crippen LogP contribution in [0.3, 0.4) is 0 Å². The number of rotatable bonds is 11. The largest absolute Gasteiger partial charge is 0.497 e. The van der Waals surface area contributed by atoms with Crippen LogP contribution < -0.4 is 14.8 Å². The van der Waals surface area contributed by atoms with Crippen molar-refractivity contribution >= 4 is 11.8 Å². The zero-order chi connectivity index (χ0) is 23.6. The maximum Gasteiger partial charge on any atom is 0.261 e. The molecule has 1 aliphatic carbocycles. The highest BCUT2D eigenvalue weighted by Crippen LogP contribution is 2.20. The molecular weight excluding hydrogens is 416 g/mol. The summed E-state index contributed by atoms with van der Waals surface area (Å²) in [4.78, 5) is 28.1. The van der Waals surface area contributed by atoms with Crippen LogP contribution in [-0.2, 0) is 22.6 Å². The Kier molecular flexibility index (Phi) is 9.16. The number of benzene rings is 2. The molecule has 6 nitrogen and oxygen atoms in total. The summed E-state index contributed by atoms with van der Waals surface area (Å²) in [6.45, 7) is 4.25. The van der Waals surface area contributed by atoms with Crippen molar-refractivity contribution < 1.29 is 19.1 Å². The van der Waals surface area contributed by atoms with Crippen LogP contribution in [0.2, 0.25) is 0 Å². The zero-order valence-electron chi connectivity index (χ0n) is 20.0. The van der Waals surface area contributed by atoms with Crippen LogP contribution in [0.4, 0.5) is 0 Å². The van der Waals surface area contributed by atoms with E-state index in [1.54, 1.807) is 12.0 Å². The minimum Gasteiger partial charge on any atom is -0.497 e. The molecule has 0 saturated heterocycles. The number of hydrogen-bond acceptors (Lipinski definition) is 4. The molecule has 33 heavy (non-hydrogen) atoms. The van der Waals surface area contributed by atoms with E-state index in [9.17, 15) is 9.59 Å². The lowest BCUT2D eigenvalue weighted by molar-refractivity contribution is -0.143. The van der Waals surface area contributed by atoms with Crippen molar-refractivity contribution in [3.05, 3.63) is 59.7 Å². The molecule has 1 fully saturated rings. The second-order valence-corrected chi connectivity index (χ2v) is 8.57. The summed E-state index contributed by atoms with van der Waals surface area (Å²) in [5.41, 5.74) is 2.15. The maximum atomic E-state index is 13.3. The molecule has 1 saturated carbocycles. The van der Waals surface area contributed by atoms with Crippen molar-refractivity contribution in [3.8, 4) is 11.5 Å². The summed E-state index contributed by atoms with van der Waals surface area (Å²) in [5, 5.41) is 3.16. The van der Waals surface area contributed by atoms with E-state index in [1.165, 1.54) is 5.56 Å². The fraction of sp³-hybridized carbons (Fsp3) is 0.481. The molecule has 0 spiro atoms.